The number of carboxylic acids is 1. The fourth-order valence-corrected chi connectivity index (χ4v) is 2.29. The molecule has 5 heteroatoms. The van der Waals surface area contributed by atoms with Gasteiger partial charge in [0.05, 0.1) is 0 Å². The van der Waals surface area contributed by atoms with E-state index in [1.165, 1.54) is 12.5 Å². The summed E-state index contributed by atoms with van der Waals surface area (Å²) in [5.41, 5.74) is 2.41. The summed E-state index contributed by atoms with van der Waals surface area (Å²) >= 11 is 0. The highest BCUT2D eigenvalue weighted by Crippen LogP contribution is 2.22. The van der Waals surface area contributed by atoms with Gasteiger partial charge in [0.25, 0.3) is 0 Å². The number of hydrogen-bond donors (Lipinski definition) is 2. The Bertz CT molecular complexity index is 532. The van der Waals surface area contributed by atoms with Gasteiger partial charge in [0.2, 0.25) is 5.91 Å². The molecule has 5 nitrogen and oxygen atoms in total. The van der Waals surface area contributed by atoms with Crippen LogP contribution in [0.2, 0.25) is 0 Å². The summed E-state index contributed by atoms with van der Waals surface area (Å²) in [5.74, 6) is -0.971. The van der Waals surface area contributed by atoms with Gasteiger partial charge in [0.1, 0.15) is 6.04 Å². The maximum Gasteiger partial charge on any atom is 0.320 e. The first kappa shape index (κ1) is 19.2. The van der Waals surface area contributed by atoms with Crippen LogP contribution in [0.5, 0.6) is 0 Å². The highest BCUT2D eigenvalue weighted by Gasteiger charge is 2.21. The number of carboxylic acid groups (broad SMARTS) is 1. The minimum atomic E-state index is -0.862. The molecule has 1 amide bonds. The average molecular weight is 320 g/mol. The van der Waals surface area contributed by atoms with Crippen LogP contribution in [-0.2, 0) is 21.5 Å². The minimum absolute atomic E-state index is 0.0952. The van der Waals surface area contributed by atoms with Gasteiger partial charge in [-0.3, -0.25) is 14.5 Å². The van der Waals surface area contributed by atoms with Gasteiger partial charge in [-0.1, -0.05) is 45.0 Å². The highest BCUT2D eigenvalue weighted by molar-refractivity contribution is 5.73. The Morgan fingerprint density at radius 3 is 2.22 bits per heavy atom. The number of rotatable bonds is 7. The van der Waals surface area contributed by atoms with Gasteiger partial charge in [-0.05, 0) is 23.5 Å². The molecule has 0 spiro atoms. The van der Waals surface area contributed by atoms with Crippen molar-refractivity contribution in [2.24, 2.45) is 0 Å². The Balaban J connectivity index is 2.79. The van der Waals surface area contributed by atoms with E-state index >= 15 is 0 Å². The molecule has 1 rings (SSSR count). The molecule has 23 heavy (non-hydrogen) atoms. The Labute approximate surface area is 138 Å². The number of hydrogen-bond acceptors (Lipinski definition) is 3. The molecular weight excluding hydrogens is 292 g/mol. The van der Waals surface area contributed by atoms with Crippen LogP contribution in [0.4, 0.5) is 0 Å². The summed E-state index contributed by atoms with van der Waals surface area (Å²) in [6.45, 7) is 11.1. The van der Waals surface area contributed by atoms with Gasteiger partial charge in [-0.25, -0.2) is 0 Å². The number of nitrogens with one attached hydrogen (secondary N) is 1. The number of nitrogens with zero attached hydrogens (tertiary/aromatic N) is 1. The quantitative estimate of drug-likeness (QED) is 0.809. The lowest BCUT2D eigenvalue weighted by Gasteiger charge is -2.27. The number of aliphatic carboxylic acids is 1. The Morgan fingerprint density at radius 1 is 1.22 bits per heavy atom. The summed E-state index contributed by atoms with van der Waals surface area (Å²) in [5, 5.41) is 12.0. The van der Waals surface area contributed by atoms with Crippen LogP contribution in [-0.4, -0.2) is 41.0 Å². The monoisotopic (exact) mass is 320 g/mol. The SMILES string of the molecule is CC(=O)NCCN(Cc1ccc(C(C)(C)C)cc1)C(C)C(=O)O. The zero-order valence-electron chi connectivity index (χ0n) is 14.7. The molecule has 0 aliphatic rings. The molecule has 0 aliphatic carbocycles. The third-order valence-corrected chi connectivity index (χ3v) is 3.88. The first-order valence-corrected chi connectivity index (χ1v) is 7.92. The molecule has 1 aromatic carbocycles. The van der Waals surface area contributed by atoms with Crippen molar-refractivity contribution < 1.29 is 14.7 Å². The molecular formula is C18H28N2O3. The van der Waals surface area contributed by atoms with Crippen LogP contribution < -0.4 is 5.32 Å². The van der Waals surface area contributed by atoms with Gasteiger partial charge < -0.3 is 10.4 Å². The maximum atomic E-state index is 11.3. The van der Waals surface area contributed by atoms with Crippen LogP contribution in [0.3, 0.4) is 0 Å². The first-order chi connectivity index (χ1) is 10.6. The molecule has 0 aromatic heterocycles. The number of amides is 1. The molecule has 2 N–H and O–H groups in total. The van der Waals surface area contributed by atoms with Crippen LogP contribution in [0.15, 0.2) is 24.3 Å². The second-order valence-corrected chi connectivity index (χ2v) is 6.91. The Hall–Kier alpha value is -1.88. The van der Waals surface area contributed by atoms with Crippen molar-refractivity contribution in [3.8, 4) is 0 Å². The van der Waals surface area contributed by atoms with Gasteiger partial charge in [-0.2, -0.15) is 0 Å². The Morgan fingerprint density at radius 2 is 1.78 bits per heavy atom. The maximum absolute atomic E-state index is 11.3. The molecule has 128 valence electrons. The zero-order valence-corrected chi connectivity index (χ0v) is 14.7. The summed E-state index contributed by atoms with van der Waals surface area (Å²) in [7, 11) is 0. The minimum Gasteiger partial charge on any atom is -0.480 e. The third kappa shape index (κ3) is 6.40. The summed E-state index contributed by atoms with van der Waals surface area (Å²) < 4.78 is 0. The molecule has 1 unspecified atom stereocenters. The van der Waals surface area contributed by atoms with Gasteiger partial charge in [0.15, 0.2) is 0 Å². The van der Waals surface area contributed by atoms with E-state index < -0.39 is 12.0 Å². The number of carbonyl (C=O) groups excluding carboxylic acids is 1. The Kier molecular flexibility index (Phi) is 6.76. The molecule has 0 aliphatic heterocycles. The van der Waals surface area contributed by atoms with Crippen molar-refractivity contribution in [3.05, 3.63) is 35.4 Å². The highest BCUT2D eigenvalue weighted by atomic mass is 16.4. The molecule has 0 saturated heterocycles. The first-order valence-electron chi connectivity index (χ1n) is 7.92. The van der Waals surface area contributed by atoms with Gasteiger partial charge >= 0.3 is 5.97 Å². The fourth-order valence-electron chi connectivity index (χ4n) is 2.29. The molecule has 1 aromatic rings. The molecule has 0 bridgehead atoms. The van der Waals surface area contributed by atoms with E-state index in [0.717, 1.165) is 5.56 Å². The zero-order chi connectivity index (χ0) is 17.6. The van der Waals surface area contributed by atoms with Crippen molar-refractivity contribution in [2.75, 3.05) is 13.1 Å². The van der Waals surface area contributed by atoms with Crippen LogP contribution in [0.1, 0.15) is 45.7 Å². The van der Waals surface area contributed by atoms with E-state index in [1.54, 1.807) is 6.92 Å². The fraction of sp³-hybridized carbons (Fsp3) is 0.556. The lowest BCUT2D eigenvalue weighted by atomic mass is 9.87. The molecule has 1 atom stereocenters. The second kappa shape index (κ2) is 8.11. The van der Waals surface area contributed by atoms with E-state index in [0.29, 0.717) is 19.6 Å². The van der Waals surface area contributed by atoms with Crippen molar-refractivity contribution in [2.45, 2.75) is 52.6 Å². The van der Waals surface area contributed by atoms with Crippen LogP contribution >= 0.6 is 0 Å². The second-order valence-electron chi connectivity index (χ2n) is 6.91. The third-order valence-electron chi connectivity index (χ3n) is 3.88. The van der Waals surface area contributed by atoms with Crippen molar-refractivity contribution in [3.63, 3.8) is 0 Å². The number of carbonyl (C=O) groups is 2. The molecule has 0 heterocycles. The summed E-state index contributed by atoms with van der Waals surface area (Å²) in [6, 6.07) is 7.66. The lowest BCUT2D eigenvalue weighted by molar-refractivity contribution is -0.142. The van der Waals surface area contributed by atoms with Crippen molar-refractivity contribution in [1.82, 2.24) is 10.2 Å². The predicted octanol–water partition coefficient (Wildman–Crippen LogP) is 2.40. The van der Waals surface area contributed by atoms with E-state index in [2.05, 4.69) is 38.2 Å². The lowest BCUT2D eigenvalue weighted by Crippen LogP contribution is -2.42. The van der Waals surface area contributed by atoms with Crippen molar-refractivity contribution in [1.29, 1.82) is 0 Å². The summed E-state index contributed by atoms with van der Waals surface area (Å²) in [6.07, 6.45) is 0. The predicted molar refractivity (Wildman–Crippen MR) is 91.3 cm³/mol. The van der Waals surface area contributed by atoms with Gasteiger partial charge in [0, 0.05) is 26.6 Å². The van der Waals surface area contributed by atoms with Crippen LogP contribution in [0.25, 0.3) is 0 Å². The van der Waals surface area contributed by atoms with E-state index in [-0.39, 0.29) is 11.3 Å². The largest absolute Gasteiger partial charge is 0.480 e. The standard InChI is InChI=1S/C18H28N2O3/c1-13(17(22)23)20(11-10-19-14(2)21)12-15-6-8-16(9-7-15)18(3,4)5/h6-9,13H,10-12H2,1-5H3,(H,19,21)(H,22,23). The van der Waals surface area contributed by atoms with Crippen LogP contribution in [0, 0.1) is 0 Å². The molecule has 0 fully saturated rings. The van der Waals surface area contributed by atoms with Gasteiger partial charge in [-0.15, -0.1) is 0 Å². The molecule has 0 radical (unpaired) electrons. The van der Waals surface area contributed by atoms with E-state index in [1.807, 2.05) is 17.0 Å². The normalized spacial score (nSPS) is 13.0. The molecule has 0 saturated carbocycles. The van der Waals surface area contributed by atoms with E-state index in [9.17, 15) is 14.7 Å². The average Bonchev–Trinajstić information content (AvgIpc) is 2.44. The number of benzene rings is 1. The topological polar surface area (TPSA) is 69.6 Å². The summed E-state index contributed by atoms with van der Waals surface area (Å²) in [4.78, 5) is 24.1. The van der Waals surface area contributed by atoms with Crippen molar-refractivity contribution >= 4 is 11.9 Å². The smallest absolute Gasteiger partial charge is 0.320 e. The van der Waals surface area contributed by atoms with E-state index in [4.69, 9.17) is 0 Å².